The second kappa shape index (κ2) is 6.68. The number of amides is 1. The van der Waals surface area contributed by atoms with E-state index >= 15 is 0 Å². The number of carbonyl (C=O) groups excluding carboxylic acids is 1. The van der Waals surface area contributed by atoms with Crippen molar-refractivity contribution in [2.75, 3.05) is 0 Å². The number of carbonyl (C=O) groups is 1. The number of benzene rings is 1. The summed E-state index contributed by atoms with van der Waals surface area (Å²) >= 11 is 0. The van der Waals surface area contributed by atoms with E-state index in [4.69, 9.17) is 0 Å². The molecular weight excluding hydrogens is 288 g/mol. The van der Waals surface area contributed by atoms with Gasteiger partial charge in [0, 0.05) is 16.8 Å². The van der Waals surface area contributed by atoms with Crippen LogP contribution in [0.4, 0.5) is 8.78 Å². The first-order valence-corrected chi connectivity index (χ1v) is 7.17. The quantitative estimate of drug-likeness (QED) is 0.891. The van der Waals surface area contributed by atoms with Crippen LogP contribution in [-0.2, 0) is 11.2 Å². The Labute approximate surface area is 127 Å². The lowest BCUT2D eigenvalue weighted by atomic mass is 10.0. The van der Waals surface area contributed by atoms with Crippen molar-refractivity contribution in [2.24, 2.45) is 0 Å². The first-order valence-electron chi connectivity index (χ1n) is 7.17. The Morgan fingerprint density at radius 2 is 2.09 bits per heavy atom. The fraction of sp³-hybridized carbons (Fsp3) is 0.375. The Kier molecular flexibility index (Phi) is 4.90. The molecule has 0 aliphatic carbocycles. The average molecular weight is 307 g/mol. The van der Waals surface area contributed by atoms with E-state index in [2.05, 4.69) is 15.5 Å². The first-order chi connectivity index (χ1) is 10.4. The zero-order valence-corrected chi connectivity index (χ0v) is 12.8. The highest BCUT2D eigenvalue weighted by molar-refractivity contribution is 5.79. The summed E-state index contributed by atoms with van der Waals surface area (Å²) in [6.45, 7) is 5.46. The van der Waals surface area contributed by atoms with Gasteiger partial charge >= 0.3 is 0 Å². The molecule has 0 aliphatic heterocycles. The van der Waals surface area contributed by atoms with Gasteiger partial charge in [0.15, 0.2) is 0 Å². The van der Waals surface area contributed by atoms with Crippen LogP contribution in [0, 0.1) is 25.5 Å². The highest BCUT2D eigenvalue weighted by atomic mass is 19.1. The lowest BCUT2D eigenvalue weighted by Crippen LogP contribution is -2.30. The molecule has 0 aliphatic rings. The number of aromatic amines is 1. The Bertz CT molecular complexity index is 663. The van der Waals surface area contributed by atoms with Crippen molar-refractivity contribution in [3.05, 3.63) is 52.3 Å². The zero-order chi connectivity index (χ0) is 16.3. The Balaban J connectivity index is 2.13. The molecule has 2 N–H and O–H groups in total. The SMILES string of the molecule is CC[C@H](NC(=O)Cc1c(C)n[nH]c1C)c1cc(F)ccc1F. The van der Waals surface area contributed by atoms with E-state index in [1.54, 1.807) is 0 Å². The molecule has 118 valence electrons. The Morgan fingerprint density at radius 1 is 1.36 bits per heavy atom. The third kappa shape index (κ3) is 3.50. The van der Waals surface area contributed by atoms with Crippen molar-refractivity contribution in [1.29, 1.82) is 0 Å². The molecule has 22 heavy (non-hydrogen) atoms. The van der Waals surface area contributed by atoms with Crippen molar-refractivity contribution in [2.45, 2.75) is 39.7 Å². The number of hydrogen-bond donors (Lipinski definition) is 2. The van der Waals surface area contributed by atoms with Gasteiger partial charge in [-0.05, 0) is 38.5 Å². The van der Waals surface area contributed by atoms with Crippen molar-refractivity contribution < 1.29 is 13.6 Å². The lowest BCUT2D eigenvalue weighted by molar-refractivity contribution is -0.121. The molecule has 0 saturated heterocycles. The third-order valence-corrected chi connectivity index (χ3v) is 3.69. The van der Waals surface area contributed by atoms with Crippen LogP contribution in [0.2, 0.25) is 0 Å². The number of hydrogen-bond acceptors (Lipinski definition) is 2. The molecule has 0 unspecified atom stereocenters. The maximum absolute atomic E-state index is 13.8. The van der Waals surface area contributed by atoms with Crippen LogP contribution >= 0.6 is 0 Å². The van der Waals surface area contributed by atoms with Gasteiger partial charge in [-0.3, -0.25) is 9.89 Å². The fourth-order valence-corrected chi connectivity index (χ4v) is 2.42. The summed E-state index contributed by atoms with van der Waals surface area (Å²) in [5, 5.41) is 9.61. The predicted molar refractivity (Wildman–Crippen MR) is 79.3 cm³/mol. The van der Waals surface area contributed by atoms with Crippen molar-refractivity contribution >= 4 is 5.91 Å². The summed E-state index contributed by atoms with van der Waals surface area (Å²) in [5.41, 5.74) is 2.58. The Hall–Kier alpha value is -2.24. The van der Waals surface area contributed by atoms with Crippen LogP contribution in [0.25, 0.3) is 0 Å². The van der Waals surface area contributed by atoms with Crippen molar-refractivity contribution in [1.82, 2.24) is 15.5 Å². The van der Waals surface area contributed by atoms with E-state index in [1.165, 1.54) is 0 Å². The first kappa shape index (κ1) is 16.1. The van der Waals surface area contributed by atoms with Crippen LogP contribution in [0.5, 0.6) is 0 Å². The molecule has 0 fully saturated rings. The van der Waals surface area contributed by atoms with Gasteiger partial charge in [-0.2, -0.15) is 5.10 Å². The second-order valence-corrected chi connectivity index (χ2v) is 5.28. The number of rotatable bonds is 5. The maximum atomic E-state index is 13.8. The predicted octanol–water partition coefficient (Wildman–Crippen LogP) is 3.11. The molecule has 2 rings (SSSR count). The normalized spacial score (nSPS) is 12.2. The van der Waals surface area contributed by atoms with Crippen LogP contribution in [-0.4, -0.2) is 16.1 Å². The van der Waals surface area contributed by atoms with Crippen LogP contribution in [0.3, 0.4) is 0 Å². The van der Waals surface area contributed by atoms with Gasteiger partial charge in [-0.25, -0.2) is 8.78 Å². The molecule has 0 spiro atoms. The van der Waals surface area contributed by atoms with E-state index < -0.39 is 17.7 Å². The van der Waals surface area contributed by atoms with Crippen molar-refractivity contribution in [3.63, 3.8) is 0 Å². The standard InChI is InChI=1S/C16H19F2N3O/c1-4-15(13-7-11(17)5-6-14(13)18)19-16(22)8-12-9(2)20-21-10(12)3/h5-7,15H,4,8H2,1-3H3,(H,19,22)(H,20,21)/t15-/m0/s1. The van der Waals surface area contributed by atoms with Crippen LogP contribution in [0.1, 0.15) is 41.9 Å². The number of halogens is 2. The maximum Gasteiger partial charge on any atom is 0.225 e. The second-order valence-electron chi connectivity index (χ2n) is 5.28. The highest BCUT2D eigenvalue weighted by Crippen LogP contribution is 2.21. The molecule has 1 atom stereocenters. The summed E-state index contributed by atoms with van der Waals surface area (Å²) in [6, 6.07) is 2.70. The van der Waals surface area contributed by atoms with E-state index in [9.17, 15) is 13.6 Å². The minimum Gasteiger partial charge on any atom is -0.349 e. The smallest absolute Gasteiger partial charge is 0.225 e. The summed E-state index contributed by atoms with van der Waals surface area (Å²) < 4.78 is 27.1. The molecule has 1 heterocycles. The van der Waals surface area contributed by atoms with E-state index in [0.29, 0.717) is 6.42 Å². The van der Waals surface area contributed by atoms with Gasteiger partial charge in [0.05, 0.1) is 18.2 Å². The van der Waals surface area contributed by atoms with Crippen molar-refractivity contribution in [3.8, 4) is 0 Å². The Morgan fingerprint density at radius 3 is 2.68 bits per heavy atom. The number of aryl methyl sites for hydroxylation is 2. The fourth-order valence-electron chi connectivity index (χ4n) is 2.42. The number of nitrogens with one attached hydrogen (secondary N) is 2. The largest absolute Gasteiger partial charge is 0.349 e. The minimum atomic E-state index is -0.560. The highest BCUT2D eigenvalue weighted by Gasteiger charge is 2.19. The van der Waals surface area contributed by atoms with Gasteiger partial charge < -0.3 is 5.32 Å². The van der Waals surface area contributed by atoms with Gasteiger partial charge in [-0.15, -0.1) is 0 Å². The molecule has 1 amide bonds. The molecular formula is C16H19F2N3O. The van der Waals surface area contributed by atoms with Gasteiger partial charge in [-0.1, -0.05) is 6.92 Å². The molecule has 4 nitrogen and oxygen atoms in total. The summed E-state index contributed by atoms with van der Waals surface area (Å²) in [4.78, 5) is 12.2. The third-order valence-electron chi connectivity index (χ3n) is 3.69. The number of aromatic nitrogens is 2. The van der Waals surface area contributed by atoms with E-state index in [-0.39, 0.29) is 17.9 Å². The minimum absolute atomic E-state index is 0.154. The molecule has 1 aromatic carbocycles. The molecule has 6 heteroatoms. The molecule has 0 saturated carbocycles. The topological polar surface area (TPSA) is 57.8 Å². The van der Waals surface area contributed by atoms with E-state index in [1.807, 2.05) is 20.8 Å². The molecule has 1 aromatic heterocycles. The van der Waals surface area contributed by atoms with Gasteiger partial charge in [0.1, 0.15) is 11.6 Å². The van der Waals surface area contributed by atoms with Gasteiger partial charge in [0.25, 0.3) is 0 Å². The summed E-state index contributed by atoms with van der Waals surface area (Å²) in [5.74, 6) is -1.29. The monoisotopic (exact) mass is 307 g/mol. The average Bonchev–Trinajstić information content (AvgIpc) is 2.79. The summed E-state index contributed by atoms with van der Waals surface area (Å²) in [7, 11) is 0. The molecule has 2 aromatic rings. The van der Waals surface area contributed by atoms with E-state index in [0.717, 1.165) is 35.2 Å². The zero-order valence-electron chi connectivity index (χ0n) is 12.8. The lowest BCUT2D eigenvalue weighted by Gasteiger charge is -2.18. The number of nitrogens with zero attached hydrogens (tertiary/aromatic N) is 1. The summed E-state index contributed by atoms with van der Waals surface area (Å²) in [6.07, 6.45) is 0.622. The van der Waals surface area contributed by atoms with Gasteiger partial charge in [0.2, 0.25) is 5.91 Å². The number of H-pyrrole nitrogens is 1. The van der Waals surface area contributed by atoms with Crippen LogP contribution in [0.15, 0.2) is 18.2 Å². The molecule has 0 radical (unpaired) electrons. The van der Waals surface area contributed by atoms with Crippen LogP contribution < -0.4 is 5.32 Å². The molecule has 0 bridgehead atoms.